The van der Waals surface area contributed by atoms with Crippen LogP contribution in [0.4, 0.5) is 0 Å². The summed E-state index contributed by atoms with van der Waals surface area (Å²) in [6.45, 7) is 11.8. The van der Waals surface area contributed by atoms with E-state index in [0.29, 0.717) is 22.4 Å². The summed E-state index contributed by atoms with van der Waals surface area (Å²) in [4.78, 5) is 27.4. The van der Waals surface area contributed by atoms with Crippen molar-refractivity contribution >= 4 is 93.8 Å². The first-order chi connectivity index (χ1) is 16.9. The Morgan fingerprint density at radius 2 is 1.26 bits per heavy atom. The second kappa shape index (κ2) is 15.2. The van der Waals surface area contributed by atoms with Crippen molar-refractivity contribution in [1.29, 1.82) is 0 Å². The first-order valence-electron chi connectivity index (χ1n) is 10.9. The van der Waals surface area contributed by atoms with Gasteiger partial charge in [-0.3, -0.25) is 0 Å². The fraction of sp³-hybridized carbons (Fsp3) is 0.417. The van der Waals surface area contributed by atoms with Crippen molar-refractivity contribution in [3.05, 3.63) is 57.1 Å². The summed E-state index contributed by atoms with van der Waals surface area (Å²) >= 11 is 13.1. The summed E-state index contributed by atoms with van der Waals surface area (Å²) in [5, 5.41) is 0. The molecule has 0 aromatic carbocycles. The maximum absolute atomic E-state index is 11.3. The van der Waals surface area contributed by atoms with Gasteiger partial charge in [0.15, 0.2) is 0 Å². The Bertz CT molecular complexity index is 921. The highest BCUT2D eigenvalue weighted by Crippen LogP contribution is 2.49. The lowest BCUT2D eigenvalue weighted by atomic mass is 10.5. The molecule has 4 nitrogen and oxygen atoms in total. The lowest BCUT2D eigenvalue weighted by molar-refractivity contribution is -0.137. The van der Waals surface area contributed by atoms with Gasteiger partial charge in [0.25, 0.3) is 0 Å². The molecule has 2 aliphatic rings. The van der Waals surface area contributed by atoms with Gasteiger partial charge in [-0.25, -0.2) is 9.59 Å². The Morgan fingerprint density at radius 1 is 0.829 bits per heavy atom. The lowest BCUT2D eigenvalue weighted by Gasteiger charge is -2.08. The molecule has 2 unspecified atom stereocenters. The van der Waals surface area contributed by atoms with E-state index in [9.17, 15) is 9.59 Å². The Hall–Kier alpha value is -0.300. The van der Waals surface area contributed by atoms with E-state index in [1.165, 1.54) is 30.4 Å². The van der Waals surface area contributed by atoms with Gasteiger partial charge in [0.1, 0.15) is 13.2 Å². The topological polar surface area (TPSA) is 52.6 Å². The highest BCUT2D eigenvalue weighted by atomic mass is 32.2. The van der Waals surface area contributed by atoms with Crippen LogP contribution in [0.3, 0.4) is 0 Å². The fourth-order valence-corrected chi connectivity index (χ4v) is 13.0. The smallest absolute Gasteiger partial charge is 0.330 e. The zero-order valence-electron chi connectivity index (χ0n) is 19.6. The zero-order chi connectivity index (χ0) is 25.2. The van der Waals surface area contributed by atoms with Gasteiger partial charge in [0, 0.05) is 33.5 Å². The minimum atomic E-state index is -0.370. The number of carbonyl (C=O) groups is 2. The number of carbonyl (C=O) groups excluding carboxylic acids is 2. The van der Waals surface area contributed by atoms with Gasteiger partial charge in [-0.2, -0.15) is 0 Å². The monoisotopic (exact) mass is 604 g/mol. The number of ether oxygens (including phenoxy) is 2. The van der Waals surface area contributed by atoms with Gasteiger partial charge < -0.3 is 9.47 Å². The number of esters is 2. The van der Waals surface area contributed by atoms with Crippen LogP contribution in [0.1, 0.15) is 26.7 Å². The SMILES string of the molecule is C=CC(=O)OCC1=C(C)SC(CCSc2ccc(SCCC3SC(C)=C(COC(=O)C=C)S3)s2)S1. The third-order valence-electron chi connectivity index (χ3n) is 4.73. The lowest BCUT2D eigenvalue weighted by Crippen LogP contribution is -2.03. The molecule has 0 fully saturated rings. The molecule has 3 rings (SSSR count). The predicted molar refractivity (Wildman–Crippen MR) is 161 cm³/mol. The summed E-state index contributed by atoms with van der Waals surface area (Å²) in [6, 6.07) is 4.46. The molecule has 0 bridgehead atoms. The first kappa shape index (κ1) is 29.3. The summed E-state index contributed by atoms with van der Waals surface area (Å²) in [5.41, 5.74) is 0. The zero-order valence-corrected chi connectivity index (χ0v) is 25.3. The van der Waals surface area contributed by atoms with E-state index in [4.69, 9.17) is 9.47 Å². The van der Waals surface area contributed by atoms with E-state index in [0.717, 1.165) is 34.2 Å². The van der Waals surface area contributed by atoms with Crippen molar-refractivity contribution in [3.63, 3.8) is 0 Å². The average molecular weight is 605 g/mol. The molecule has 190 valence electrons. The van der Waals surface area contributed by atoms with E-state index < -0.39 is 0 Å². The Balaban J connectivity index is 1.30. The Kier molecular flexibility index (Phi) is 12.7. The number of thiophene rings is 1. The van der Waals surface area contributed by atoms with E-state index in [1.54, 1.807) is 0 Å². The molecule has 0 N–H and O–H groups in total. The van der Waals surface area contributed by atoms with Crippen LogP contribution in [-0.4, -0.2) is 45.8 Å². The number of allylic oxidation sites excluding steroid dienone is 2. The van der Waals surface area contributed by atoms with Crippen LogP contribution < -0.4 is 0 Å². The molecule has 11 heteroatoms. The summed E-state index contributed by atoms with van der Waals surface area (Å²) in [5.74, 6) is 1.40. The van der Waals surface area contributed by atoms with E-state index in [2.05, 4.69) is 39.1 Å². The van der Waals surface area contributed by atoms with Crippen molar-refractivity contribution in [2.24, 2.45) is 0 Å². The van der Waals surface area contributed by atoms with Crippen LogP contribution in [0.5, 0.6) is 0 Å². The average Bonchev–Trinajstić information content (AvgIpc) is 3.54. The number of thioether (sulfide) groups is 6. The van der Waals surface area contributed by atoms with Gasteiger partial charge in [-0.05, 0) is 48.6 Å². The molecule has 0 radical (unpaired) electrons. The highest BCUT2D eigenvalue weighted by Gasteiger charge is 2.25. The summed E-state index contributed by atoms with van der Waals surface area (Å²) < 4.78 is 14.1. The second-order valence-corrected chi connectivity index (χ2v) is 17.2. The summed E-state index contributed by atoms with van der Waals surface area (Å²) in [6.07, 6.45) is 4.61. The van der Waals surface area contributed by atoms with Crippen LogP contribution >= 0.6 is 81.9 Å². The molecule has 2 atom stereocenters. The largest absolute Gasteiger partial charge is 0.457 e. The van der Waals surface area contributed by atoms with Gasteiger partial charge in [0.2, 0.25) is 0 Å². The molecule has 1 aromatic rings. The Morgan fingerprint density at radius 3 is 1.66 bits per heavy atom. The first-order valence-corrected chi connectivity index (χ1v) is 17.2. The highest BCUT2D eigenvalue weighted by molar-refractivity contribution is 8.24. The van der Waals surface area contributed by atoms with Gasteiger partial charge in [-0.1, -0.05) is 13.2 Å². The normalized spacial score (nSPS) is 19.8. The molecule has 0 saturated carbocycles. The number of hydrogen-bond acceptors (Lipinski definition) is 11. The maximum Gasteiger partial charge on any atom is 0.330 e. The van der Waals surface area contributed by atoms with E-state index >= 15 is 0 Å². The van der Waals surface area contributed by atoms with Crippen LogP contribution in [0.2, 0.25) is 0 Å². The minimum Gasteiger partial charge on any atom is -0.457 e. The third-order valence-corrected chi connectivity index (χ3v) is 14.4. The third kappa shape index (κ3) is 9.83. The van der Waals surface area contributed by atoms with Gasteiger partial charge >= 0.3 is 11.9 Å². The van der Waals surface area contributed by atoms with Crippen molar-refractivity contribution in [2.45, 2.75) is 44.3 Å². The number of rotatable bonds is 14. The van der Waals surface area contributed by atoms with Crippen molar-refractivity contribution in [1.82, 2.24) is 0 Å². The van der Waals surface area contributed by atoms with Crippen molar-refractivity contribution < 1.29 is 19.1 Å². The molecule has 0 amide bonds. The molecule has 1 aromatic heterocycles. The van der Waals surface area contributed by atoms with Crippen LogP contribution in [-0.2, 0) is 19.1 Å². The Labute approximate surface area is 237 Å². The van der Waals surface area contributed by atoms with Crippen molar-refractivity contribution in [3.8, 4) is 0 Å². The fourth-order valence-electron chi connectivity index (χ4n) is 2.93. The second-order valence-electron chi connectivity index (χ2n) is 7.26. The predicted octanol–water partition coefficient (Wildman–Crippen LogP) is 8.25. The molecular formula is C24H28O4S7. The molecule has 35 heavy (non-hydrogen) atoms. The molecule has 3 heterocycles. The molecule has 0 saturated heterocycles. The standard InChI is InChI=1S/C24H28O4S7/c1-5-19(25)27-13-17-15(3)31-23(33-17)9-11-29-21-7-8-22(35-21)30-12-10-24-32-16(4)18(34-24)14-28-20(26)6-2/h5-8,23-24H,1-2,9-14H2,3-4H3. The van der Waals surface area contributed by atoms with Crippen LogP contribution in [0.15, 0.2) is 65.5 Å². The van der Waals surface area contributed by atoms with Gasteiger partial charge in [0.05, 0.1) is 17.6 Å². The minimum absolute atomic E-state index is 0.348. The van der Waals surface area contributed by atoms with Crippen LogP contribution in [0, 0.1) is 0 Å². The summed E-state index contributed by atoms with van der Waals surface area (Å²) in [7, 11) is 0. The van der Waals surface area contributed by atoms with E-state index in [1.807, 2.05) is 81.9 Å². The molecular weight excluding hydrogens is 577 g/mol. The molecule has 0 spiro atoms. The van der Waals surface area contributed by atoms with Crippen LogP contribution in [0.25, 0.3) is 0 Å². The van der Waals surface area contributed by atoms with E-state index in [-0.39, 0.29) is 11.9 Å². The molecule has 0 aliphatic carbocycles. The van der Waals surface area contributed by atoms with Crippen molar-refractivity contribution in [2.75, 3.05) is 24.7 Å². The molecule has 2 aliphatic heterocycles. The van der Waals surface area contributed by atoms with Gasteiger partial charge in [-0.15, -0.1) is 81.9 Å². The maximum atomic E-state index is 11.3. The number of hydrogen-bond donors (Lipinski definition) is 0. The quantitative estimate of drug-likeness (QED) is 0.118.